The van der Waals surface area contributed by atoms with Gasteiger partial charge in [0.05, 0.1) is 12.2 Å². The fraction of sp³-hybridized carbons (Fsp3) is 0.571. The summed E-state index contributed by atoms with van der Waals surface area (Å²) >= 11 is 0. The van der Waals surface area contributed by atoms with E-state index in [4.69, 9.17) is 10.5 Å². The summed E-state index contributed by atoms with van der Waals surface area (Å²) < 4.78 is 42.7. The van der Waals surface area contributed by atoms with E-state index in [1.807, 2.05) is 18.9 Å². The molecule has 0 saturated carbocycles. The third-order valence-corrected chi connectivity index (χ3v) is 3.44. The third-order valence-electron chi connectivity index (χ3n) is 3.44. The summed E-state index contributed by atoms with van der Waals surface area (Å²) in [7, 11) is 3.50. The maximum absolute atomic E-state index is 12.5. The molecule has 0 radical (unpaired) electrons. The van der Waals surface area contributed by atoms with Crippen molar-refractivity contribution in [1.29, 1.82) is 0 Å². The maximum atomic E-state index is 12.5. The smallest absolute Gasteiger partial charge is 0.383 e. The van der Waals surface area contributed by atoms with E-state index in [1.165, 1.54) is 12.1 Å². The Labute approximate surface area is 117 Å². The topological polar surface area (TPSA) is 38.5 Å². The first-order valence-electron chi connectivity index (χ1n) is 6.39. The quantitative estimate of drug-likeness (QED) is 0.875. The largest absolute Gasteiger partial charge is 0.416 e. The summed E-state index contributed by atoms with van der Waals surface area (Å²) in [5.41, 5.74) is 5.88. The van der Waals surface area contributed by atoms with Crippen molar-refractivity contribution in [3.05, 3.63) is 35.4 Å². The van der Waals surface area contributed by atoms with Crippen molar-refractivity contribution in [3.8, 4) is 0 Å². The molecule has 0 spiro atoms. The Kier molecular flexibility index (Phi) is 5.98. The highest BCUT2D eigenvalue weighted by Gasteiger charge is 2.30. The number of benzene rings is 1. The van der Waals surface area contributed by atoms with Crippen LogP contribution in [0.1, 0.15) is 24.1 Å². The number of likely N-dealkylation sites (N-methyl/N-ethyl adjacent to an activating group) is 1. The number of methoxy groups -OCH3 is 1. The molecular weight excluding hydrogens is 269 g/mol. The third kappa shape index (κ3) is 4.19. The zero-order chi connectivity index (χ0) is 15.3. The molecule has 2 unspecified atom stereocenters. The molecule has 20 heavy (non-hydrogen) atoms. The lowest BCUT2D eigenvalue weighted by Gasteiger charge is -2.32. The molecule has 2 atom stereocenters. The monoisotopic (exact) mass is 290 g/mol. The van der Waals surface area contributed by atoms with E-state index in [1.54, 1.807) is 7.11 Å². The average molecular weight is 290 g/mol. The molecule has 0 aliphatic carbocycles. The first-order chi connectivity index (χ1) is 9.31. The minimum atomic E-state index is -4.31. The minimum absolute atomic E-state index is 0.121. The molecule has 0 aromatic heterocycles. The van der Waals surface area contributed by atoms with Gasteiger partial charge in [-0.2, -0.15) is 13.2 Å². The maximum Gasteiger partial charge on any atom is 0.416 e. The molecule has 0 aliphatic heterocycles. The van der Waals surface area contributed by atoms with Crippen LogP contribution in [-0.4, -0.2) is 38.3 Å². The highest BCUT2D eigenvalue weighted by molar-refractivity contribution is 5.27. The van der Waals surface area contributed by atoms with E-state index < -0.39 is 11.7 Å². The second kappa shape index (κ2) is 7.06. The molecule has 0 fully saturated rings. The Bertz CT molecular complexity index is 406. The van der Waals surface area contributed by atoms with Crippen LogP contribution < -0.4 is 5.73 Å². The fourth-order valence-corrected chi connectivity index (χ4v) is 2.10. The van der Waals surface area contributed by atoms with Crippen LogP contribution in [0.5, 0.6) is 0 Å². The predicted octanol–water partition coefficient (Wildman–Crippen LogP) is 2.67. The summed E-state index contributed by atoms with van der Waals surface area (Å²) in [4.78, 5) is 2.01. The van der Waals surface area contributed by atoms with Crippen molar-refractivity contribution in [2.24, 2.45) is 5.73 Å². The summed E-state index contributed by atoms with van der Waals surface area (Å²) in [6.07, 6.45) is -4.31. The average Bonchev–Trinajstić information content (AvgIpc) is 2.39. The van der Waals surface area contributed by atoms with Crippen molar-refractivity contribution >= 4 is 0 Å². The van der Waals surface area contributed by atoms with E-state index in [0.717, 1.165) is 17.7 Å². The number of halogens is 3. The van der Waals surface area contributed by atoms with Crippen LogP contribution in [0.3, 0.4) is 0 Å². The first-order valence-corrected chi connectivity index (χ1v) is 6.39. The number of alkyl halides is 3. The van der Waals surface area contributed by atoms with Gasteiger partial charge in [0.15, 0.2) is 0 Å². The van der Waals surface area contributed by atoms with Crippen LogP contribution in [0.15, 0.2) is 24.3 Å². The molecule has 6 heteroatoms. The van der Waals surface area contributed by atoms with Crippen molar-refractivity contribution < 1.29 is 17.9 Å². The van der Waals surface area contributed by atoms with Gasteiger partial charge in [0.1, 0.15) is 0 Å². The molecule has 3 nitrogen and oxygen atoms in total. The lowest BCUT2D eigenvalue weighted by molar-refractivity contribution is -0.137. The molecule has 1 aromatic rings. The van der Waals surface area contributed by atoms with E-state index in [9.17, 15) is 13.2 Å². The molecule has 0 amide bonds. The minimum Gasteiger partial charge on any atom is -0.383 e. The summed E-state index contributed by atoms with van der Waals surface area (Å²) in [5, 5.41) is 0. The molecule has 1 rings (SSSR count). The number of nitrogens with two attached hydrogens (primary N) is 1. The van der Waals surface area contributed by atoms with Crippen molar-refractivity contribution in [2.75, 3.05) is 27.3 Å². The number of rotatable bonds is 6. The first kappa shape index (κ1) is 16.9. The van der Waals surface area contributed by atoms with Gasteiger partial charge in [0.25, 0.3) is 0 Å². The highest BCUT2D eigenvalue weighted by atomic mass is 19.4. The highest BCUT2D eigenvalue weighted by Crippen LogP contribution is 2.30. The van der Waals surface area contributed by atoms with Crippen LogP contribution in [0, 0.1) is 0 Å². The number of ether oxygens (including phenoxy) is 1. The van der Waals surface area contributed by atoms with Gasteiger partial charge in [-0.1, -0.05) is 12.1 Å². The lowest BCUT2D eigenvalue weighted by atomic mass is 10.0. The zero-order valence-electron chi connectivity index (χ0n) is 11.9. The Hall–Kier alpha value is -1.11. The number of hydrogen-bond donors (Lipinski definition) is 1. The Morgan fingerprint density at radius 1 is 1.25 bits per heavy atom. The molecule has 0 aliphatic rings. The Morgan fingerprint density at radius 2 is 1.80 bits per heavy atom. The van der Waals surface area contributed by atoms with E-state index in [-0.39, 0.29) is 12.1 Å². The molecule has 0 bridgehead atoms. The fourth-order valence-electron chi connectivity index (χ4n) is 2.10. The van der Waals surface area contributed by atoms with Crippen LogP contribution in [0.25, 0.3) is 0 Å². The summed E-state index contributed by atoms with van der Waals surface area (Å²) in [6.45, 7) is 2.85. The van der Waals surface area contributed by atoms with Crippen molar-refractivity contribution in [3.63, 3.8) is 0 Å². The van der Waals surface area contributed by atoms with E-state index in [0.29, 0.717) is 13.2 Å². The Balaban J connectivity index is 2.90. The zero-order valence-corrected chi connectivity index (χ0v) is 11.9. The van der Waals surface area contributed by atoms with Gasteiger partial charge in [0, 0.05) is 25.7 Å². The summed E-state index contributed by atoms with van der Waals surface area (Å²) in [6, 6.07) is 5.13. The number of hydrogen-bond acceptors (Lipinski definition) is 3. The summed E-state index contributed by atoms with van der Waals surface area (Å²) in [5.74, 6) is 0. The van der Waals surface area contributed by atoms with Gasteiger partial charge in [-0.15, -0.1) is 0 Å². The normalized spacial score (nSPS) is 15.4. The van der Waals surface area contributed by atoms with Gasteiger partial charge in [-0.3, -0.25) is 4.90 Å². The second-order valence-electron chi connectivity index (χ2n) is 4.84. The van der Waals surface area contributed by atoms with Gasteiger partial charge in [-0.05, 0) is 31.7 Å². The molecule has 0 heterocycles. The van der Waals surface area contributed by atoms with Crippen molar-refractivity contribution in [1.82, 2.24) is 4.90 Å². The van der Waals surface area contributed by atoms with Gasteiger partial charge in [-0.25, -0.2) is 0 Å². The van der Waals surface area contributed by atoms with Crippen LogP contribution in [-0.2, 0) is 10.9 Å². The van der Waals surface area contributed by atoms with Crippen LogP contribution >= 0.6 is 0 Å². The van der Waals surface area contributed by atoms with E-state index >= 15 is 0 Å². The van der Waals surface area contributed by atoms with Crippen LogP contribution in [0.4, 0.5) is 13.2 Å². The van der Waals surface area contributed by atoms with Gasteiger partial charge < -0.3 is 10.5 Å². The number of nitrogens with zero attached hydrogens (tertiary/aromatic N) is 1. The second-order valence-corrected chi connectivity index (χ2v) is 4.84. The lowest BCUT2D eigenvalue weighted by Crippen LogP contribution is -2.39. The standard InChI is InChI=1S/C14H21F3N2O/c1-10(9-20-3)19(2)13(8-18)11-4-6-12(7-5-11)14(15,16)17/h4-7,10,13H,8-9,18H2,1-3H3. The predicted molar refractivity (Wildman–Crippen MR) is 72.3 cm³/mol. The van der Waals surface area contributed by atoms with Gasteiger partial charge in [0.2, 0.25) is 0 Å². The molecule has 114 valence electrons. The van der Waals surface area contributed by atoms with E-state index in [2.05, 4.69) is 0 Å². The SMILES string of the molecule is COCC(C)N(C)C(CN)c1ccc(C(F)(F)F)cc1. The van der Waals surface area contributed by atoms with Gasteiger partial charge >= 0.3 is 6.18 Å². The Morgan fingerprint density at radius 3 is 2.20 bits per heavy atom. The van der Waals surface area contributed by atoms with Crippen LogP contribution in [0.2, 0.25) is 0 Å². The molecule has 1 aromatic carbocycles. The molecule has 0 saturated heterocycles. The molecule has 2 N–H and O–H groups in total. The molecular formula is C14H21F3N2O. The van der Waals surface area contributed by atoms with Crippen molar-refractivity contribution in [2.45, 2.75) is 25.2 Å².